The van der Waals surface area contributed by atoms with Crippen LogP contribution >= 0.6 is 0 Å². The highest BCUT2D eigenvalue weighted by Crippen LogP contribution is 2.27. The van der Waals surface area contributed by atoms with E-state index in [1.165, 1.54) is 0 Å². The van der Waals surface area contributed by atoms with Crippen molar-refractivity contribution in [1.82, 2.24) is 15.0 Å². The summed E-state index contributed by atoms with van der Waals surface area (Å²) in [7, 11) is 0. The Kier molecular flexibility index (Phi) is 5.58. The molecule has 0 aliphatic carbocycles. The van der Waals surface area contributed by atoms with Crippen molar-refractivity contribution in [2.75, 3.05) is 18.5 Å². The molecule has 0 unspecified atom stereocenters. The number of nitrogens with one attached hydrogen (secondary N) is 1. The molecule has 156 valence electrons. The van der Waals surface area contributed by atoms with Crippen LogP contribution in [-0.4, -0.2) is 34.3 Å². The Labute approximate surface area is 180 Å². The van der Waals surface area contributed by atoms with E-state index in [0.29, 0.717) is 31.6 Å². The fraction of sp³-hybridized carbons (Fsp3) is 0.208. The topological polar surface area (TPSA) is 78.4 Å². The van der Waals surface area contributed by atoms with Gasteiger partial charge in [-0.25, -0.2) is 0 Å². The van der Waals surface area contributed by atoms with Crippen molar-refractivity contribution in [3.05, 3.63) is 78.6 Å². The molecule has 3 heterocycles. The van der Waals surface area contributed by atoms with Gasteiger partial charge in [0, 0.05) is 23.7 Å². The molecular weight excluding hydrogens is 392 g/mol. The lowest BCUT2D eigenvalue weighted by atomic mass is 10.2. The lowest BCUT2D eigenvalue weighted by Crippen LogP contribution is -2.17. The lowest BCUT2D eigenvalue weighted by molar-refractivity contribution is 0.134. The van der Waals surface area contributed by atoms with Crippen LogP contribution in [-0.2, 0) is 11.3 Å². The number of hydrogen-bond donors (Lipinski definition) is 1. The van der Waals surface area contributed by atoms with E-state index < -0.39 is 0 Å². The first-order chi connectivity index (χ1) is 15.3. The summed E-state index contributed by atoms with van der Waals surface area (Å²) in [6.45, 7) is 1.70. The van der Waals surface area contributed by atoms with E-state index in [0.717, 1.165) is 34.5 Å². The number of para-hydroxylation sites is 1. The van der Waals surface area contributed by atoms with E-state index in [1.54, 1.807) is 6.20 Å². The first-order valence-corrected chi connectivity index (χ1v) is 10.2. The van der Waals surface area contributed by atoms with Gasteiger partial charge >= 0.3 is 6.01 Å². The molecule has 1 aliphatic rings. The molecule has 1 atom stereocenters. The lowest BCUT2D eigenvalue weighted by Gasteiger charge is -2.14. The predicted octanol–water partition coefficient (Wildman–Crippen LogP) is 4.52. The minimum atomic E-state index is -0.00968. The van der Waals surface area contributed by atoms with Gasteiger partial charge < -0.3 is 19.5 Å². The Morgan fingerprint density at radius 2 is 1.84 bits per heavy atom. The van der Waals surface area contributed by atoms with Crippen molar-refractivity contribution >= 4 is 22.4 Å². The fourth-order valence-corrected chi connectivity index (χ4v) is 3.37. The Morgan fingerprint density at radius 1 is 0.968 bits per heavy atom. The third kappa shape index (κ3) is 4.73. The van der Waals surface area contributed by atoms with Gasteiger partial charge in [-0.15, -0.1) is 0 Å². The first kappa shape index (κ1) is 19.3. The van der Waals surface area contributed by atoms with Gasteiger partial charge in [-0.05, 0) is 48.5 Å². The van der Waals surface area contributed by atoms with Crippen molar-refractivity contribution in [2.24, 2.45) is 0 Å². The maximum absolute atomic E-state index is 5.94. The Morgan fingerprint density at radius 3 is 2.65 bits per heavy atom. The maximum Gasteiger partial charge on any atom is 0.319 e. The highest BCUT2D eigenvalue weighted by Gasteiger charge is 2.19. The van der Waals surface area contributed by atoms with Gasteiger partial charge in [0.05, 0.1) is 24.4 Å². The van der Waals surface area contributed by atoms with Crippen molar-refractivity contribution in [1.29, 1.82) is 0 Å². The van der Waals surface area contributed by atoms with Crippen LogP contribution in [0.25, 0.3) is 10.9 Å². The molecule has 5 rings (SSSR count). The Bertz CT molecular complexity index is 1150. The molecule has 31 heavy (non-hydrogen) atoms. The number of rotatable bonds is 7. The normalized spacial score (nSPS) is 15.7. The standard InChI is InChI=1S/C24H22N4O3/c1-2-7-22-21(6-1)23(28-24(27-22)31-20-12-14-29-16-20)26-17-8-10-19(11-9-17)30-15-18-5-3-4-13-25-18/h1-11,13,20H,12,14-16H2,(H,26,27,28)/t20-/m0/s1. The van der Waals surface area contributed by atoms with Crippen LogP contribution < -0.4 is 14.8 Å². The summed E-state index contributed by atoms with van der Waals surface area (Å²) in [4.78, 5) is 13.4. The van der Waals surface area contributed by atoms with Crippen molar-refractivity contribution < 1.29 is 14.2 Å². The second-order valence-corrected chi connectivity index (χ2v) is 7.23. The third-order valence-electron chi connectivity index (χ3n) is 4.97. The van der Waals surface area contributed by atoms with Crippen LogP contribution in [0.4, 0.5) is 11.5 Å². The quantitative estimate of drug-likeness (QED) is 0.476. The van der Waals surface area contributed by atoms with E-state index >= 15 is 0 Å². The molecule has 0 spiro atoms. The number of pyridine rings is 1. The summed E-state index contributed by atoms with van der Waals surface area (Å²) >= 11 is 0. The van der Waals surface area contributed by atoms with E-state index in [2.05, 4.69) is 20.3 Å². The number of nitrogens with zero attached hydrogens (tertiary/aromatic N) is 3. The zero-order valence-corrected chi connectivity index (χ0v) is 16.9. The molecule has 2 aromatic heterocycles. The summed E-state index contributed by atoms with van der Waals surface area (Å²) in [5.41, 5.74) is 2.60. The third-order valence-corrected chi connectivity index (χ3v) is 4.97. The van der Waals surface area contributed by atoms with Crippen molar-refractivity contribution in [3.63, 3.8) is 0 Å². The van der Waals surface area contributed by atoms with E-state index in [9.17, 15) is 0 Å². The van der Waals surface area contributed by atoms with Crippen LogP contribution in [0.1, 0.15) is 12.1 Å². The van der Waals surface area contributed by atoms with Crippen molar-refractivity contribution in [2.45, 2.75) is 19.1 Å². The van der Waals surface area contributed by atoms with Gasteiger partial charge in [0.15, 0.2) is 0 Å². The summed E-state index contributed by atoms with van der Waals surface area (Å²) in [5, 5.41) is 4.31. The molecule has 1 N–H and O–H groups in total. The summed E-state index contributed by atoms with van der Waals surface area (Å²) in [6.07, 6.45) is 2.60. The van der Waals surface area contributed by atoms with Crippen LogP contribution in [0.15, 0.2) is 72.9 Å². The van der Waals surface area contributed by atoms with Gasteiger partial charge in [-0.3, -0.25) is 4.98 Å². The molecular formula is C24H22N4O3. The van der Waals surface area contributed by atoms with Crippen LogP contribution in [0.2, 0.25) is 0 Å². The number of hydrogen-bond acceptors (Lipinski definition) is 7. The highest BCUT2D eigenvalue weighted by molar-refractivity contribution is 5.91. The predicted molar refractivity (Wildman–Crippen MR) is 118 cm³/mol. The molecule has 2 aromatic carbocycles. The Balaban J connectivity index is 1.33. The summed E-state index contributed by atoms with van der Waals surface area (Å²) in [5.74, 6) is 1.47. The molecule has 0 radical (unpaired) electrons. The van der Waals surface area contributed by atoms with E-state index in [4.69, 9.17) is 14.2 Å². The number of aromatic nitrogens is 3. The van der Waals surface area contributed by atoms with Gasteiger partial charge in [0.1, 0.15) is 24.3 Å². The van der Waals surface area contributed by atoms with E-state index in [-0.39, 0.29) is 6.10 Å². The monoisotopic (exact) mass is 414 g/mol. The number of fused-ring (bicyclic) bond motifs is 1. The second kappa shape index (κ2) is 8.97. The molecule has 0 saturated carbocycles. The zero-order chi connectivity index (χ0) is 20.9. The molecule has 0 bridgehead atoms. The van der Waals surface area contributed by atoms with E-state index in [1.807, 2.05) is 66.7 Å². The SMILES string of the molecule is c1ccc(COc2ccc(Nc3nc(O[C@H]4CCOC4)nc4ccccc34)cc2)nc1. The van der Waals surface area contributed by atoms with Crippen LogP contribution in [0, 0.1) is 0 Å². The van der Waals surface area contributed by atoms with Crippen LogP contribution in [0.3, 0.4) is 0 Å². The molecule has 1 aliphatic heterocycles. The second-order valence-electron chi connectivity index (χ2n) is 7.23. The fourth-order valence-electron chi connectivity index (χ4n) is 3.37. The van der Waals surface area contributed by atoms with Crippen molar-refractivity contribution in [3.8, 4) is 11.8 Å². The average molecular weight is 414 g/mol. The molecule has 4 aromatic rings. The van der Waals surface area contributed by atoms with Gasteiger partial charge in [-0.1, -0.05) is 18.2 Å². The maximum atomic E-state index is 5.94. The average Bonchev–Trinajstić information content (AvgIpc) is 3.32. The zero-order valence-electron chi connectivity index (χ0n) is 16.9. The number of benzene rings is 2. The first-order valence-electron chi connectivity index (χ1n) is 10.2. The minimum absolute atomic E-state index is 0.00968. The molecule has 1 saturated heterocycles. The summed E-state index contributed by atoms with van der Waals surface area (Å²) < 4.78 is 17.1. The minimum Gasteiger partial charge on any atom is -0.487 e. The number of anilines is 2. The number of ether oxygens (including phenoxy) is 3. The van der Waals surface area contributed by atoms with Gasteiger partial charge in [0.2, 0.25) is 0 Å². The van der Waals surface area contributed by atoms with Gasteiger partial charge in [0.25, 0.3) is 0 Å². The van der Waals surface area contributed by atoms with Crippen LogP contribution in [0.5, 0.6) is 11.8 Å². The molecule has 7 nitrogen and oxygen atoms in total. The largest absolute Gasteiger partial charge is 0.487 e. The summed E-state index contributed by atoms with van der Waals surface area (Å²) in [6, 6.07) is 21.7. The molecule has 0 amide bonds. The molecule has 1 fully saturated rings. The Hall–Kier alpha value is -3.71. The van der Waals surface area contributed by atoms with Gasteiger partial charge in [-0.2, -0.15) is 9.97 Å². The highest BCUT2D eigenvalue weighted by atomic mass is 16.6. The molecule has 7 heteroatoms. The smallest absolute Gasteiger partial charge is 0.319 e.